The molecule has 4 rings (SSSR count). The highest BCUT2D eigenvalue weighted by atomic mass is 35.5. The van der Waals surface area contributed by atoms with Gasteiger partial charge in [-0.3, -0.25) is 14.4 Å². The van der Waals surface area contributed by atoms with Crippen molar-refractivity contribution in [3.05, 3.63) is 29.3 Å². The van der Waals surface area contributed by atoms with Crippen LogP contribution in [0.2, 0.25) is 5.02 Å². The minimum atomic E-state index is -1.05. The summed E-state index contributed by atoms with van der Waals surface area (Å²) in [5.74, 6) is -2.49. The van der Waals surface area contributed by atoms with E-state index < -0.39 is 35.6 Å². The summed E-state index contributed by atoms with van der Waals surface area (Å²) in [6.07, 6.45) is 1.77. The Bertz CT molecular complexity index is 862. The fourth-order valence-electron chi connectivity index (χ4n) is 5.34. The molecule has 2 N–H and O–H groups in total. The number of likely N-dealkylation sites (tertiary alicyclic amines) is 1. The van der Waals surface area contributed by atoms with Gasteiger partial charge in [0.05, 0.1) is 24.5 Å². The predicted octanol–water partition coefficient (Wildman–Crippen LogP) is 1.99. The lowest BCUT2D eigenvalue weighted by molar-refractivity contribution is -0.154. The lowest BCUT2D eigenvalue weighted by Gasteiger charge is -2.33. The van der Waals surface area contributed by atoms with Crippen molar-refractivity contribution in [3.8, 4) is 0 Å². The summed E-state index contributed by atoms with van der Waals surface area (Å²) in [6, 6.07) is 5.87. The maximum atomic E-state index is 13.5. The Morgan fingerprint density at radius 1 is 1.32 bits per heavy atom. The monoisotopic (exact) mass is 450 g/mol. The SMILES string of the molecule is CCOC(=O)[C@@H]1[C@H]2C(=O)N(CCCCO)[C@H](C(=O)Nc3ccc(Cl)cc3)[C@]23CC[C@H]1O3. The molecule has 2 amide bonds. The second-order valence-electron chi connectivity index (χ2n) is 8.27. The molecular weight excluding hydrogens is 424 g/mol. The van der Waals surface area contributed by atoms with Crippen molar-refractivity contribution in [2.24, 2.45) is 11.8 Å². The Balaban J connectivity index is 1.65. The van der Waals surface area contributed by atoms with Gasteiger partial charge in [-0.15, -0.1) is 0 Å². The molecule has 0 radical (unpaired) electrons. The normalized spacial score (nSPS) is 31.1. The van der Waals surface area contributed by atoms with Crippen LogP contribution in [0.3, 0.4) is 0 Å². The molecule has 0 saturated carbocycles. The Kier molecular flexibility index (Phi) is 6.23. The lowest BCUT2D eigenvalue weighted by atomic mass is 9.71. The van der Waals surface area contributed by atoms with Gasteiger partial charge in [-0.05, 0) is 56.9 Å². The third-order valence-electron chi connectivity index (χ3n) is 6.53. The first-order valence-electron chi connectivity index (χ1n) is 10.7. The van der Waals surface area contributed by atoms with Crippen LogP contribution in [0.15, 0.2) is 24.3 Å². The molecule has 168 valence electrons. The topological polar surface area (TPSA) is 105 Å². The van der Waals surface area contributed by atoms with E-state index >= 15 is 0 Å². The summed E-state index contributed by atoms with van der Waals surface area (Å²) >= 11 is 5.93. The molecule has 3 saturated heterocycles. The average molecular weight is 451 g/mol. The number of anilines is 1. The molecule has 9 heteroatoms. The first-order chi connectivity index (χ1) is 14.9. The number of halogens is 1. The number of carbonyl (C=O) groups is 3. The molecule has 3 heterocycles. The van der Waals surface area contributed by atoms with Crippen molar-refractivity contribution >= 4 is 35.1 Å². The molecule has 8 nitrogen and oxygen atoms in total. The van der Waals surface area contributed by atoms with Gasteiger partial charge in [-0.25, -0.2) is 0 Å². The van der Waals surface area contributed by atoms with Crippen molar-refractivity contribution in [1.29, 1.82) is 0 Å². The van der Waals surface area contributed by atoms with Crippen molar-refractivity contribution in [2.75, 3.05) is 25.1 Å². The van der Waals surface area contributed by atoms with Crippen LogP contribution in [-0.4, -0.2) is 65.3 Å². The highest BCUT2D eigenvalue weighted by molar-refractivity contribution is 6.30. The zero-order valence-electron chi connectivity index (χ0n) is 17.4. The molecule has 1 aromatic carbocycles. The number of unbranched alkanes of at least 4 members (excludes halogenated alkanes) is 1. The van der Waals surface area contributed by atoms with Gasteiger partial charge in [-0.2, -0.15) is 0 Å². The van der Waals surface area contributed by atoms with Gasteiger partial charge in [0.1, 0.15) is 11.6 Å². The van der Waals surface area contributed by atoms with Crippen molar-refractivity contribution in [2.45, 2.75) is 50.4 Å². The zero-order valence-corrected chi connectivity index (χ0v) is 18.1. The van der Waals surface area contributed by atoms with Gasteiger partial charge in [0.2, 0.25) is 11.8 Å². The maximum absolute atomic E-state index is 13.5. The first kappa shape index (κ1) is 22.0. The van der Waals surface area contributed by atoms with Crippen molar-refractivity contribution in [1.82, 2.24) is 4.90 Å². The molecule has 31 heavy (non-hydrogen) atoms. The van der Waals surface area contributed by atoms with E-state index in [0.29, 0.717) is 42.9 Å². The van der Waals surface area contributed by atoms with Crippen LogP contribution in [0.1, 0.15) is 32.6 Å². The number of nitrogens with zero attached hydrogens (tertiary/aromatic N) is 1. The van der Waals surface area contributed by atoms with Crippen molar-refractivity contribution < 1.29 is 29.0 Å². The molecule has 3 fully saturated rings. The summed E-state index contributed by atoms with van der Waals surface area (Å²) in [5.41, 5.74) is -0.485. The highest BCUT2D eigenvalue weighted by Gasteiger charge is 2.74. The van der Waals surface area contributed by atoms with Crippen LogP contribution in [0.5, 0.6) is 0 Å². The van der Waals surface area contributed by atoms with E-state index in [0.717, 1.165) is 0 Å². The summed E-state index contributed by atoms with van der Waals surface area (Å²) in [6.45, 7) is 2.25. The second-order valence-corrected chi connectivity index (χ2v) is 8.70. The van der Waals surface area contributed by atoms with E-state index in [1.165, 1.54) is 4.90 Å². The number of nitrogens with one attached hydrogen (secondary N) is 1. The standard InChI is InChI=1S/C22H27ClN2O6/c1-2-30-21(29)16-15-9-10-22(31-15)17(16)20(28)25(11-3-4-12-26)18(22)19(27)24-14-7-5-13(23)6-8-14/h5-8,15-18,26H,2-4,9-12H2,1H3,(H,24,27)/t15-,16+,17+,18-,22+/m1/s1. The maximum Gasteiger partial charge on any atom is 0.312 e. The third kappa shape index (κ3) is 3.70. The first-order valence-corrected chi connectivity index (χ1v) is 11.1. The molecule has 2 bridgehead atoms. The fraction of sp³-hybridized carbons (Fsp3) is 0.591. The Morgan fingerprint density at radius 2 is 2.06 bits per heavy atom. The fourth-order valence-corrected chi connectivity index (χ4v) is 5.46. The molecule has 1 aromatic rings. The molecule has 1 spiro atoms. The van der Waals surface area contributed by atoms with E-state index in [9.17, 15) is 14.4 Å². The smallest absolute Gasteiger partial charge is 0.312 e. The predicted molar refractivity (Wildman–Crippen MR) is 112 cm³/mol. The van der Waals surface area contributed by atoms with Gasteiger partial charge in [0.15, 0.2) is 0 Å². The van der Waals surface area contributed by atoms with Gasteiger partial charge in [-0.1, -0.05) is 11.6 Å². The number of benzene rings is 1. The second kappa shape index (κ2) is 8.76. The molecular formula is C22H27ClN2O6. The Labute approximate surface area is 185 Å². The number of aliphatic hydroxyl groups is 1. The average Bonchev–Trinajstić information content (AvgIpc) is 3.38. The van der Waals surface area contributed by atoms with Crippen LogP contribution in [0.4, 0.5) is 5.69 Å². The van der Waals surface area contributed by atoms with Crippen molar-refractivity contribution in [3.63, 3.8) is 0 Å². The largest absolute Gasteiger partial charge is 0.466 e. The molecule has 3 aliphatic rings. The molecule has 0 aliphatic carbocycles. The molecule has 3 aliphatic heterocycles. The number of amides is 2. The van der Waals surface area contributed by atoms with E-state index in [-0.39, 0.29) is 25.0 Å². The Hall–Kier alpha value is -2.16. The minimum Gasteiger partial charge on any atom is -0.466 e. The summed E-state index contributed by atoms with van der Waals surface area (Å²) in [4.78, 5) is 41.1. The van der Waals surface area contributed by atoms with Gasteiger partial charge < -0.3 is 24.8 Å². The van der Waals surface area contributed by atoms with Crippen LogP contribution < -0.4 is 5.32 Å². The third-order valence-corrected chi connectivity index (χ3v) is 6.78. The number of ether oxygens (including phenoxy) is 2. The number of rotatable bonds is 8. The van der Waals surface area contributed by atoms with E-state index in [1.54, 1.807) is 31.2 Å². The van der Waals surface area contributed by atoms with E-state index in [4.69, 9.17) is 26.2 Å². The number of esters is 1. The summed E-state index contributed by atoms with van der Waals surface area (Å²) in [7, 11) is 0. The summed E-state index contributed by atoms with van der Waals surface area (Å²) in [5, 5.41) is 12.6. The van der Waals surface area contributed by atoms with E-state index in [1.807, 2.05) is 0 Å². The summed E-state index contributed by atoms with van der Waals surface area (Å²) < 4.78 is 11.5. The van der Waals surface area contributed by atoms with Crippen LogP contribution in [0, 0.1) is 11.8 Å². The quantitative estimate of drug-likeness (QED) is 0.463. The molecule has 5 atom stereocenters. The molecule has 0 aromatic heterocycles. The van der Waals surface area contributed by atoms with Crippen LogP contribution in [-0.2, 0) is 23.9 Å². The number of hydrogen-bond acceptors (Lipinski definition) is 6. The zero-order chi connectivity index (χ0) is 22.2. The van der Waals surface area contributed by atoms with Crippen LogP contribution in [0.25, 0.3) is 0 Å². The highest BCUT2D eigenvalue weighted by Crippen LogP contribution is 2.58. The Morgan fingerprint density at radius 3 is 2.74 bits per heavy atom. The number of carbonyl (C=O) groups excluding carboxylic acids is 3. The number of hydrogen-bond donors (Lipinski definition) is 2. The van der Waals surface area contributed by atoms with Gasteiger partial charge >= 0.3 is 5.97 Å². The van der Waals surface area contributed by atoms with Crippen LogP contribution >= 0.6 is 11.6 Å². The lowest BCUT2D eigenvalue weighted by Crippen LogP contribution is -2.53. The number of aliphatic hydroxyl groups excluding tert-OH is 1. The van der Waals surface area contributed by atoms with Gasteiger partial charge in [0.25, 0.3) is 0 Å². The van der Waals surface area contributed by atoms with E-state index in [2.05, 4.69) is 5.32 Å². The minimum absolute atomic E-state index is 0.00225. The molecule has 0 unspecified atom stereocenters. The number of fused-ring (bicyclic) bond motifs is 1. The van der Waals surface area contributed by atoms with Gasteiger partial charge in [0, 0.05) is 23.9 Å².